The van der Waals surface area contributed by atoms with Gasteiger partial charge in [-0.1, -0.05) is 15.9 Å². The Hall–Kier alpha value is -2.89. The Balaban J connectivity index is 1.96. The fourth-order valence-corrected chi connectivity index (χ4v) is 3.20. The number of nitrogens with one attached hydrogen (secondary N) is 1. The van der Waals surface area contributed by atoms with E-state index in [-0.39, 0.29) is 20.9 Å². The van der Waals surface area contributed by atoms with Crippen LogP contribution in [0.1, 0.15) is 22.8 Å². The summed E-state index contributed by atoms with van der Waals surface area (Å²) in [6, 6.07) is 3.56. The van der Waals surface area contributed by atoms with Crippen molar-refractivity contribution in [3.63, 3.8) is 0 Å². The molecule has 29 heavy (non-hydrogen) atoms. The number of hydrogen-bond donors (Lipinski definition) is 1. The van der Waals surface area contributed by atoms with Crippen LogP contribution in [0.15, 0.2) is 35.1 Å². The summed E-state index contributed by atoms with van der Waals surface area (Å²) in [6.45, 7) is -0.347. The molecule has 0 saturated carbocycles. The number of halogens is 5. The van der Waals surface area contributed by atoms with Gasteiger partial charge >= 0.3 is 6.18 Å². The third-order valence-corrected chi connectivity index (χ3v) is 4.90. The van der Waals surface area contributed by atoms with Crippen LogP contribution in [0.3, 0.4) is 0 Å². The smallest absolute Gasteiger partial charge is 0.293 e. The van der Waals surface area contributed by atoms with Crippen molar-refractivity contribution in [3.05, 3.63) is 52.0 Å². The van der Waals surface area contributed by atoms with Gasteiger partial charge in [-0.05, 0) is 30.7 Å². The first-order valence-electron chi connectivity index (χ1n) is 7.95. The minimum Gasteiger partial charge on any atom is -0.293 e. The largest absolute Gasteiger partial charge is 0.406 e. The van der Waals surface area contributed by atoms with Crippen LogP contribution >= 0.6 is 15.9 Å². The van der Waals surface area contributed by atoms with Crippen molar-refractivity contribution in [1.82, 2.24) is 14.9 Å². The van der Waals surface area contributed by atoms with E-state index in [9.17, 15) is 31.9 Å². The average Bonchev–Trinajstić information content (AvgIpc) is 2.64. The van der Waals surface area contributed by atoms with Crippen molar-refractivity contribution in [2.24, 2.45) is 0 Å². The van der Waals surface area contributed by atoms with Crippen LogP contribution in [0.25, 0.3) is 0 Å². The molecule has 0 fully saturated rings. The summed E-state index contributed by atoms with van der Waals surface area (Å²) in [6.07, 6.45) is -3.52. The van der Waals surface area contributed by atoms with Gasteiger partial charge in [0.15, 0.2) is 11.2 Å². The number of alkyl halides is 3. The highest BCUT2D eigenvalue weighted by Gasteiger charge is 2.63. The molecule has 3 rings (SSSR count). The van der Waals surface area contributed by atoms with Gasteiger partial charge in [-0.25, -0.2) is 14.4 Å². The first kappa shape index (κ1) is 20.8. The molecule has 3 amide bonds. The molecule has 152 valence electrons. The second-order valence-corrected chi connectivity index (χ2v) is 7.20. The fraction of sp³-hybridized carbons (Fsp3) is 0.235. The molecule has 1 aliphatic rings. The topological polar surface area (TPSA) is 92.3 Å². The first-order chi connectivity index (χ1) is 13.4. The molecule has 0 unspecified atom stereocenters. The van der Waals surface area contributed by atoms with Crippen molar-refractivity contribution in [3.8, 4) is 0 Å². The lowest BCUT2D eigenvalue weighted by Gasteiger charge is -2.40. The molecule has 1 atom stereocenters. The summed E-state index contributed by atoms with van der Waals surface area (Å²) in [4.78, 5) is 44.7. The van der Waals surface area contributed by atoms with Crippen molar-refractivity contribution in [2.75, 3.05) is 11.9 Å². The maximum Gasteiger partial charge on any atom is 0.406 e. The quantitative estimate of drug-likeness (QED) is 0.545. The fourth-order valence-electron chi connectivity index (χ4n) is 2.84. The Morgan fingerprint density at radius 1 is 1.24 bits per heavy atom. The molecule has 0 saturated heterocycles. The highest BCUT2D eigenvalue weighted by atomic mass is 79.9. The van der Waals surface area contributed by atoms with Crippen molar-refractivity contribution >= 4 is 39.6 Å². The van der Waals surface area contributed by atoms with Crippen LogP contribution in [-0.4, -0.2) is 45.3 Å². The summed E-state index contributed by atoms with van der Waals surface area (Å²) in [5.74, 6) is -4.77. The Kier molecular flexibility index (Phi) is 5.15. The van der Waals surface area contributed by atoms with Gasteiger partial charge in [0.25, 0.3) is 5.91 Å². The van der Waals surface area contributed by atoms with Crippen molar-refractivity contribution in [2.45, 2.75) is 18.5 Å². The van der Waals surface area contributed by atoms with E-state index in [2.05, 4.69) is 31.2 Å². The predicted octanol–water partition coefficient (Wildman–Crippen LogP) is 2.82. The SMILES string of the molecule is C[C@@]1(C(F)(F)F)C(=O)N(CC(=O)Nc2ncc(F)cn2)C(=O)c2ccc(Br)cc21. The lowest BCUT2D eigenvalue weighted by atomic mass is 9.75. The lowest BCUT2D eigenvalue weighted by molar-refractivity contribution is -0.197. The Morgan fingerprint density at radius 3 is 2.45 bits per heavy atom. The number of aromatic nitrogens is 2. The van der Waals surface area contributed by atoms with E-state index >= 15 is 0 Å². The van der Waals surface area contributed by atoms with Gasteiger partial charge < -0.3 is 0 Å². The van der Waals surface area contributed by atoms with Crippen LogP contribution in [-0.2, 0) is 15.0 Å². The standard InChI is InChI=1S/C17H11BrF4N4O3/c1-16(17(20,21)22)11-4-8(18)2-3-10(11)13(28)26(14(16)29)7-12(27)25-15-23-5-9(19)6-24-15/h2-6H,7H2,1H3,(H,23,24,25,27)/t16-/m0/s1. The second-order valence-electron chi connectivity index (χ2n) is 6.28. The third kappa shape index (κ3) is 3.59. The van der Waals surface area contributed by atoms with Gasteiger partial charge in [-0.2, -0.15) is 13.2 Å². The molecule has 7 nitrogen and oxygen atoms in total. The second kappa shape index (κ2) is 7.17. The van der Waals surface area contributed by atoms with E-state index in [0.717, 1.165) is 24.5 Å². The summed E-state index contributed by atoms with van der Waals surface area (Å²) in [5.41, 5.74) is -3.89. The molecule has 0 aliphatic carbocycles. The predicted molar refractivity (Wildman–Crippen MR) is 94.2 cm³/mol. The molecule has 12 heteroatoms. The first-order valence-corrected chi connectivity index (χ1v) is 8.75. The number of fused-ring (bicyclic) bond motifs is 1. The van der Waals surface area contributed by atoms with E-state index in [0.29, 0.717) is 6.92 Å². The van der Waals surface area contributed by atoms with Crippen LogP contribution in [0.4, 0.5) is 23.5 Å². The minimum absolute atomic E-state index is 0.225. The molecule has 2 aromatic rings. The molecule has 1 N–H and O–H groups in total. The highest BCUT2D eigenvalue weighted by Crippen LogP contribution is 2.47. The van der Waals surface area contributed by atoms with Crippen LogP contribution in [0.5, 0.6) is 0 Å². The van der Waals surface area contributed by atoms with E-state index in [1.54, 1.807) is 0 Å². The summed E-state index contributed by atoms with van der Waals surface area (Å²) >= 11 is 3.04. The van der Waals surface area contributed by atoms with E-state index in [1.165, 1.54) is 6.07 Å². The molecule has 0 bridgehead atoms. The van der Waals surface area contributed by atoms with Crippen molar-refractivity contribution < 1.29 is 31.9 Å². The van der Waals surface area contributed by atoms with Gasteiger partial charge in [0.1, 0.15) is 6.54 Å². The number of hydrogen-bond acceptors (Lipinski definition) is 5. The Bertz CT molecular complexity index is 1010. The van der Waals surface area contributed by atoms with E-state index in [4.69, 9.17) is 0 Å². The lowest BCUT2D eigenvalue weighted by Crippen LogP contribution is -2.60. The van der Waals surface area contributed by atoms with Crippen LogP contribution < -0.4 is 5.32 Å². The number of rotatable bonds is 3. The number of carbonyl (C=O) groups excluding carboxylic acids is 3. The maximum atomic E-state index is 13.9. The zero-order valence-corrected chi connectivity index (χ0v) is 16.1. The number of carbonyl (C=O) groups is 3. The summed E-state index contributed by atoms with van der Waals surface area (Å²) < 4.78 is 54.7. The number of benzene rings is 1. The zero-order chi connectivity index (χ0) is 21.6. The molecule has 1 aliphatic heterocycles. The third-order valence-electron chi connectivity index (χ3n) is 4.41. The number of amides is 3. The number of imide groups is 1. The van der Waals surface area contributed by atoms with E-state index < -0.39 is 47.2 Å². The highest BCUT2D eigenvalue weighted by molar-refractivity contribution is 9.10. The normalized spacial score (nSPS) is 19.2. The van der Waals surface area contributed by atoms with Gasteiger partial charge in [-0.3, -0.25) is 24.6 Å². The minimum atomic E-state index is -5.03. The number of anilines is 1. The molecule has 0 spiro atoms. The van der Waals surface area contributed by atoms with Gasteiger partial charge in [0, 0.05) is 10.0 Å². The monoisotopic (exact) mass is 474 g/mol. The van der Waals surface area contributed by atoms with E-state index in [1.807, 2.05) is 0 Å². The Labute approximate surface area is 169 Å². The van der Waals surface area contributed by atoms with Gasteiger partial charge in [0.05, 0.1) is 12.4 Å². The van der Waals surface area contributed by atoms with Gasteiger partial charge in [-0.15, -0.1) is 0 Å². The van der Waals surface area contributed by atoms with Crippen LogP contribution in [0, 0.1) is 5.82 Å². The molecular formula is C17H11BrF4N4O3. The maximum absolute atomic E-state index is 13.9. The average molecular weight is 475 g/mol. The van der Waals surface area contributed by atoms with Crippen molar-refractivity contribution in [1.29, 1.82) is 0 Å². The van der Waals surface area contributed by atoms with Crippen LogP contribution in [0.2, 0.25) is 0 Å². The zero-order valence-electron chi connectivity index (χ0n) is 14.6. The molecule has 2 heterocycles. The number of nitrogens with zero attached hydrogens (tertiary/aromatic N) is 3. The summed E-state index contributed by atoms with van der Waals surface area (Å²) in [5, 5.41) is 2.09. The summed E-state index contributed by atoms with van der Waals surface area (Å²) in [7, 11) is 0. The molecule has 0 radical (unpaired) electrons. The van der Waals surface area contributed by atoms with Gasteiger partial charge in [0.2, 0.25) is 17.8 Å². The molecule has 1 aromatic carbocycles. The molecular weight excluding hydrogens is 464 g/mol. The molecule has 1 aromatic heterocycles. The Morgan fingerprint density at radius 2 is 1.86 bits per heavy atom.